The molecule has 1 aliphatic rings. The number of piperidine rings is 1. The highest BCUT2D eigenvalue weighted by Crippen LogP contribution is 2.27. The van der Waals surface area contributed by atoms with E-state index >= 15 is 0 Å². The average molecular weight is 313 g/mol. The van der Waals surface area contributed by atoms with Gasteiger partial charge in [-0.25, -0.2) is 0 Å². The van der Waals surface area contributed by atoms with E-state index in [1.54, 1.807) is 18.2 Å². The van der Waals surface area contributed by atoms with E-state index in [1.165, 1.54) is 0 Å². The molecule has 1 aromatic rings. The summed E-state index contributed by atoms with van der Waals surface area (Å²) in [7, 11) is 0. The van der Waals surface area contributed by atoms with Gasteiger partial charge in [0.1, 0.15) is 5.75 Å². The highest BCUT2D eigenvalue weighted by Gasteiger charge is 2.24. The summed E-state index contributed by atoms with van der Waals surface area (Å²) in [5, 5.41) is 15.6. The second-order valence-corrected chi connectivity index (χ2v) is 5.70. The summed E-state index contributed by atoms with van der Waals surface area (Å²) in [5.41, 5.74) is 0.439. The van der Waals surface area contributed by atoms with Crippen molar-refractivity contribution in [2.45, 2.75) is 25.8 Å². The summed E-state index contributed by atoms with van der Waals surface area (Å²) in [6, 6.07) is 4.80. The Morgan fingerprint density at radius 3 is 3.06 bits per heavy atom. The van der Waals surface area contributed by atoms with E-state index < -0.39 is 0 Å². The van der Waals surface area contributed by atoms with E-state index in [9.17, 15) is 9.90 Å². The lowest BCUT2D eigenvalue weighted by atomic mass is 9.94. The molecule has 18 heavy (non-hydrogen) atoms. The minimum Gasteiger partial charge on any atom is -0.506 e. The summed E-state index contributed by atoms with van der Waals surface area (Å²) >= 11 is 3.31. The predicted molar refractivity (Wildman–Crippen MR) is 74.6 cm³/mol. The van der Waals surface area contributed by atoms with Crippen molar-refractivity contribution in [1.82, 2.24) is 5.32 Å². The average Bonchev–Trinajstić information content (AvgIpc) is 2.34. The molecule has 2 rings (SSSR count). The van der Waals surface area contributed by atoms with Crippen LogP contribution in [-0.2, 0) is 4.79 Å². The number of benzene rings is 1. The number of aromatic hydroxyl groups is 1. The van der Waals surface area contributed by atoms with Crippen molar-refractivity contribution in [2.24, 2.45) is 5.92 Å². The molecule has 0 bridgehead atoms. The molecular weight excluding hydrogens is 296 g/mol. The number of anilines is 1. The summed E-state index contributed by atoms with van der Waals surface area (Å²) in [4.78, 5) is 12.1. The molecular formula is C13H17BrN2O2. The lowest BCUT2D eigenvalue weighted by molar-refractivity contribution is -0.119. The molecule has 98 valence electrons. The molecule has 2 unspecified atom stereocenters. The number of nitrogens with one attached hydrogen (secondary N) is 2. The quantitative estimate of drug-likeness (QED) is 0.735. The molecule has 0 radical (unpaired) electrons. The van der Waals surface area contributed by atoms with E-state index in [4.69, 9.17) is 0 Å². The number of rotatable bonds is 2. The summed E-state index contributed by atoms with van der Waals surface area (Å²) in [6.07, 6.45) is 1.94. The zero-order valence-electron chi connectivity index (χ0n) is 10.2. The number of carbonyl (C=O) groups excluding carboxylic acids is 1. The van der Waals surface area contributed by atoms with Crippen LogP contribution in [0.5, 0.6) is 5.75 Å². The van der Waals surface area contributed by atoms with Crippen LogP contribution in [0.3, 0.4) is 0 Å². The van der Waals surface area contributed by atoms with Crippen molar-refractivity contribution >= 4 is 27.5 Å². The van der Waals surface area contributed by atoms with Gasteiger partial charge in [0.2, 0.25) is 5.91 Å². The van der Waals surface area contributed by atoms with Crippen molar-refractivity contribution in [3.05, 3.63) is 22.7 Å². The smallest absolute Gasteiger partial charge is 0.241 e. The van der Waals surface area contributed by atoms with Crippen molar-refractivity contribution in [1.29, 1.82) is 0 Å². The van der Waals surface area contributed by atoms with Crippen LogP contribution >= 0.6 is 15.9 Å². The highest BCUT2D eigenvalue weighted by atomic mass is 79.9. The largest absolute Gasteiger partial charge is 0.506 e. The Balaban J connectivity index is 2.04. The molecule has 1 fully saturated rings. The van der Waals surface area contributed by atoms with Gasteiger partial charge in [0.05, 0.1) is 11.7 Å². The Labute approximate surface area is 115 Å². The van der Waals surface area contributed by atoms with Crippen LogP contribution in [0.15, 0.2) is 22.7 Å². The zero-order valence-corrected chi connectivity index (χ0v) is 11.8. The van der Waals surface area contributed by atoms with Crippen LogP contribution in [0.1, 0.15) is 19.8 Å². The normalized spacial score (nSPS) is 23.7. The Morgan fingerprint density at radius 2 is 2.33 bits per heavy atom. The molecule has 2 atom stereocenters. The van der Waals surface area contributed by atoms with Crippen molar-refractivity contribution in [3.8, 4) is 5.75 Å². The summed E-state index contributed by atoms with van der Waals surface area (Å²) in [6.45, 7) is 3.02. The molecule has 1 aliphatic heterocycles. The molecule has 1 heterocycles. The first-order valence-corrected chi connectivity index (χ1v) is 6.88. The van der Waals surface area contributed by atoms with Crippen LogP contribution in [0.4, 0.5) is 5.69 Å². The van der Waals surface area contributed by atoms with Gasteiger partial charge in [0, 0.05) is 4.47 Å². The van der Waals surface area contributed by atoms with Gasteiger partial charge < -0.3 is 15.7 Å². The van der Waals surface area contributed by atoms with Gasteiger partial charge >= 0.3 is 0 Å². The monoisotopic (exact) mass is 312 g/mol. The maximum Gasteiger partial charge on any atom is 0.241 e. The fraction of sp³-hybridized carbons (Fsp3) is 0.462. The molecule has 3 N–H and O–H groups in total. The van der Waals surface area contributed by atoms with Gasteiger partial charge in [0.15, 0.2) is 0 Å². The molecule has 4 nitrogen and oxygen atoms in total. The van der Waals surface area contributed by atoms with Crippen LogP contribution in [-0.4, -0.2) is 23.6 Å². The second kappa shape index (κ2) is 5.71. The fourth-order valence-corrected chi connectivity index (χ4v) is 2.50. The van der Waals surface area contributed by atoms with Crippen molar-refractivity contribution < 1.29 is 9.90 Å². The first-order valence-electron chi connectivity index (χ1n) is 6.09. The number of carbonyl (C=O) groups is 1. The Hall–Kier alpha value is -1.07. The van der Waals surface area contributed by atoms with E-state index in [1.807, 2.05) is 0 Å². The van der Waals surface area contributed by atoms with Gasteiger partial charge in [-0.2, -0.15) is 0 Å². The molecule has 0 saturated carbocycles. The first kappa shape index (κ1) is 13.4. The molecule has 0 spiro atoms. The van der Waals surface area contributed by atoms with Crippen LogP contribution in [0.2, 0.25) is 0 Å². The van der Waals surface area contributed by atoms with Crippen molar-refractivity contribution in [3.63, 3.8) is 0 Å². The number of amides is 1. The van der Waals surface area contributed by atoms with Gasteiger partial charge in [-0.15, -0.1) is 0 Å². The van der Waals surface area contributed by atoms with Crippen molar-refractivity contribution in [2.75, 3.05) is 11.9 Å². The Bertz CT molecular complexity index is 451. The predicted octanol–water partition coefficient (Wildman–Crippen LogP) is 2.48. The maximum absolute atomic E-state index is 12.1. The minimum atomic E-state index is -0.174. The number of phenols is 1. The number of halogens is 1. The Kier molecular flexibility index (Phi) is 4.24. The number of hydrogen-bond acceptors (Lipinski definition) is 3. The first-order chi connectivity index (χ1) is 8.56. The SMILES string of the molecule is CC1CCNC(C(=O)Nc2cc(Br)ccc2O)C1. The third-order valence-electron chi connectivity index (χ3n) is 3.20. The molecule has 1 aromatic carbocycles. The lowest BCUT2D eigenvalue weighted by Gasteiger charge is -2.27. The molecule has 0 aromatic heterocycles. The lowest BCUT2D eigenvalue weighted by Crippen LogP contribution is -2.45. The summed E-state index contributed by atoms with van der Waals surface area (Å²) in [5.74, 6) is 0.545. The third-order valence-corrected chi connectivity index (χ3v) is 3.69. The molecule has 5 heteroatoms. The van der Waals surface area contributed by atoms with E-state index in [0.717, 1.165) is 23.9 Å². The van der Waals surface area contributed by atoms with Gasteiger partial charge in [-0.1, -0.05) is 22.9 Å². The van der Waals surface area contributed by atoms with Gasteiger partial charge in [-0.05, 0) is 43.5 Å². The topological polar surface area (TPSA) is 61.4 Å². The molecule has 1 saturated heterocycles. The van der Waals surface area contributed by atoms with Crippen LogP contribution < -0.4 is 10.6 Å². The summed E-state index contributed by atoms with van der Waals surface area (Å²) < 4.78 is 0.820. The minimum absolute atomic E-state index is 0.0791. The van der Waals surface area contributed by atoms with Gasteiger partial charge in [0.25, 0.3) is 0 Å². The second-order valence-electron chi connectivity index (χ2n) is 4.79. The maximum atomic E-state index is 12.1. The zero-order chi connectivity index (χ0) is 13.1. The fourth-order valence-electron chi connectivity index (χ4n) is 2.14. The van der Waals surface area contributed by atoms with E-state index in [0.29, 0.717) is 11.6 Å². The van der Waals surface area contributed by atoms with Gasteiger partial charge in [-0.3, -0.25) is 4.79 Å². The van der Waals surface area contributed by atoms with E-state index in [2.05, 4.69) is 33.5 Å². The highest BCUT2D eigenvalue weighted by molar-refractivity contribution is 9.10. The molecule has 0 aliphatic carbocycles. The van der Waals surface area contributed by atoms with Crippen LogP contribution in [0, 0.1) is 5.92 Å². The Morgan fingerprint density at radius 1 is 1.56 bits per heavy atom. The number of hydrogen-bond donors (Lipinski definition) is 3. The van der Waals surface area contributed by atoms with E-state index in [-0.39, 0.29) is 17.7 Å². The standard InChI is InChI=1S/C13H17BrN2O2/c1-8-4-5-15-11(6-8)13(18)16-10-7-9(14)2-3-12(10)17/h2-3,7-8,11,15,17H,4-6H2,1H3,(H,16,18). The number of phenolic OH excluding ortho intramolecular Hbond substituents is 1. The molecule has 1 amide bonds. The third kappa shape index (κ3) is 3.23. The van der Waals surface area contributed by atoms with Crippen LogP contribution in [0.25, 0.3) is 0 Å².